The van der Waals surface area contributed by atoms with Gasteiger partial charge in [0, 0.05) is 21.5 Å². The Morgan fingerprint density at radius 1 is 0.947 bits per heavy atom. The highest BCUT2D eigenvalue weighted by atomic mass is 79.9. The number of aromatic nitrogens is 1. The van der Waals surface area contributed by atoms with Crippen LogP contribution < -0.4 is 4.57 Å². The maximum absolute atomic E-state index is 3.65. The summed E-state index contributed by atoms with van der Waals surface area (Å²) < 4.78 is 3.40. The first-order valence-corrected chi connectivity index (χ1v) is 7.11. The van der Waals surface area contributed by atoms with Crippen LogP contribution >= 0.6 is 15.9 Å². The molecule has 94 valence electrons. The monoisotopic (exact) mass is 312 g/mol. The maximum Gasteiger partial charge on any atom is 0.216 e. The molecular formula is C17H15BrN+. The Morgan fingerprint density at radius 3 is 2.42 bits per heavy atom. The summed E-state index contributed by atoms with van der Waals surface area (Å²) in [6.07, 6.45) is 0. The molecule has 3 aromatic rings. The molecule has 0 amide bonds. The first kappa shape index (κ1) is 12.4. The quantitative estimate of drug-likeness (QED) is 0.586. The molecular weight excluding hydrogens is 298 g/mol. The van der Waals surface area contributed by atoms with E-state index in [0.29, 0.717) is 0 Å². The van der Waals surface area contributed by atoms with Gasteiger partial charge in [-0.3, -0.25) is 0 Å². The second kappa shape index (κ2) is 4.78. The zero-order chi connectivity index (χ0) is 13.4. The van der Waals surface area contributed by atoms with Gasteiger partial charge in [0.1, 0.15) is 7.05 Å². The first-order valence-electron chi connectivity index (χ1n) is 6.32. The van der Waals surface area contributed by atoms with Crippen molar-refractivity contribution in [1.82, 2.24) is 0 Å². The van der Waals surface area contributed by atoms with Crippen molar-refractivity contribution < 1.29 is 4.57 Å². The molecule has 3 rings (SSSR count). The third-order valence-corrected chi connectivity index (χ3v) is 4.20. The number of pyridine rings is 1. The Hall–Kier alpha value is -1.67. The van der Waals surface area contributed by atoms with Crippen molar-refractivity contribution in [3.8, 4) is 11.3 Å². The number of aryl methyl sites for hydroxylation is 2. The maximum atomic E-state index is 3.65. The molecule has 0 bridgehead atoms. The van der Waals surface area contributed by atoms with Crippen LogP contribution in [0, 0.1) is 6.92 Å². The predicted molar refractivity (Wildman–Crippen MR) is 83.0 cm³/mol. The van der Waals surface area contributed by atoms with Gasteiger partial charge in [0.25, 0.3) is 0 Å². The van der Waals surface area contributed by atoms with Crippen molar-refractivity contribution in [2.24, 2.45) is 7.05 Å². The van der Waals surface area contributed by atoms with Crippen LogP contribution in [0.25, 0.3) is 22.2 Å². The van der Waals surface area contributed by atoms with Crippen molar-refractivity contribution in [3.05, 3.63) is 64.6 Å². The highest BCUT2D eigenvalue weighted by molar-refractivity contribution is 9.10. The van der Waals surface area contributed by atoms with Gasteiger partial charge < -0.3 is 0 Å². The number of fused-ring (bicyclic) bond motifs is 1. The molecule has 0 saturated carbocycles. The average Bonchev–Trinajstić information content (AvgIpc) is 2.41. The number of nitrogens with zero attached hydrogens (tertiary/aromatic N) is 1. The van der Waals surface area contributed by atoms with Crippen molar-refractivity contribution in [2.45, 2.75) is 6.92 Å². The molecule has 0 fully saturated rings. The summed E-state index contributed by atoms with van der Waals surface area (Å²) >= 11 is 3.65. The highest BCUT2D eigenvalue weighted by Crippen LogP contribution is 2.29. The third kappa shape index (κ3) is 2.06. The molecule has 2 heteroatoms. The molecule has 0 radical (unpaired) electrons. The van der Waals surface area contributed by atoms with E-state index in [1.807, 2.05) is 6.07 Å². The van der Waals surface area contributed by atoms with E-state index in [-0.39, 0.29) is 0 Å². The minimum Gasteiger partial charge on any atom is -0.194 e. The highest BCUT2D eigenvalue weighted by Gasteiger charge is 2.18. The Kier molecular flexibility index (Phi) is 3.11. The molecule has 1 nitrogen and oxygen atoms in total. The molecule has 0 unspecified atom stereocenters. The van der Waals surface area contributed by atoms with Crippen molar-refractivity contribution in [3.63, 3.8) is 0 Å². The van der Waals surface area contributed by atoms with Crippen molar-refractivity contribution in [1.29, 1.82) is 0 Å². The number of para-hydroxylation sites is 1. The van der Waals surface area contributed by atoms with Crippen LogP contribution in [0.2, 0.25) is 0 Å². The van der Waals surface area contributed by atoms with Crippen molar-refractivity contribution >= 4 is 26.8 Å². The van der Waals surface area contributed by atoms with Gasteiger partial charge in [-0.25, -0.2) is 0 Å². The molecule has 19 heavy (non-hydrogen) atoms. The van der Waals surface area contributed by atoms with Crippen LogP contribution in [-0.2, 0) is 7.05 Å². The van der Waals surface area contributed by atoms with E-state index in [0.717, 1.165) is 4.47 Å². The summed E-state index contributed by atoms with van der Waals surface area (Å²) in [5.74, 6) is 0. The molecule has 0 N–H and O–H groups in total. The summed E-state index contributed by atoms with van der Waals surface area (Å²) in [4.78, 5) is 0. The topological polar surface area (TPSA) is 3.88 Å². The van der Waals surface area contributed by atoms with E-state index in [2.05, 4.69) is 83.0 Å². The molecule has 0 saturated heterocycles. The van der Waals surface area contributed by atoms with E-state index in [1.165, 1.54) is 27.7 Å². The lowest BCUT2D eigenvalue weighted by Crippen LogP contribution is -2.33. The fourth-order valence-electron chi connectivity index (χ4n) is 2.65. The summed E-state index contributed by atoms with van der Waals surface area (Å²) in [5, 5.41) is 1.28. The Morgan fingerprint density at radius 2 is 1.63 bits per heavy atom. The minimum absolute atomic E-state index is 1.13. The number of benzene rings is 2. The van der Waals surface area contributed by atoms with Crippen LogP contribution in [-0.4, -0.2) is 0 Å². The van der Waals surface area contributed by atoms with Crippen LogP contribution in [0.3, 0.4) is 0 Å². The summed E-state index contributed by atoms with van der Waals surface area (Å²) in [7, 11) is 2.13. The Labute approximate surface area is 121 Å². The van der Waals surface area contributed by atoms with E-state index in [1.54, 1.807) is 0 Å². The van der Waals surface area contributed by atoms with Gasteiger partial charge in [-0.15, -0.1) is 0 Å². The predicted octanol–water partition coefficient (Wildman–Crippen LogP) is 4.40. The Bertz CT molecular complexity index is 762. The number of hydrogen-bond acceptors (Lipinski definition) is 0. The summed E-state index contributed by atoms with van der Waals surface area (Å²) in [6.45, 7) is 2.17. The smallest absolute Gasteiger partial charge is 0.194 e. The van der Waals surface area contributed by atoms with Gasteiger partial charge in [0.15, 0.2) is 0 Å². The normalized spacial score (nSPS) is 10.9. The molecule has 0 atom stereocenters. The zero-order valence-corrected chi connectivity index (χ0v) is 12.6. The molecule has 0 aliphatic rings. The van der Waals surface area contributed by atoms with Crippen LogP contribution in [0.1, 0.15) is 5.56 Å². The lowest BCUT2D eigenvalue weighted by molar-refractivity contribution is -0.633. The Balaban J connectivity index is 2.39. The second-order valence-electron chi connectivity index (χ2n) is 4.77. The SMILES string of the molecule is Cc1cc2ccccc2[n+](C)c1-c1ccccc1Br. The van der Waals surface area contributed by atoms with Gasteiger partial charge in [0.05, 0.1) is 5.56 Å². The summed E-state index contributed by atoms with van der Waals surface area (Å²) in [6, 6.07) is 19.1. The zero-order valence-electron chi connectivity index (χ0n) is 11.0. The van der Waals surface area contributed by atoms with Crippen LogP contribution in [0.15, 0.2) is 59.1 Å². The first-order chi connectivity index (χ1) is 9.18. The van der Waals surface area contributed by atoms with Crippen molar-refractivity contribution in [2.75, 3.05) is 0 Å². The largest absolute Gasteiger partial charge is 0.216 e. The lowest BCUT2D eigenvalue weighted by Gasteiger charge is -2.08. The lowest BCUT2D eigenvalue weighted by atomic mass is 10.0. The van der Waals surface area contributed by atoms with E-state index >= 15 is 0 Å². The molecule has 0 spiro atoms. The average molecular weight is 313 g/mol. The van der Waals surface area contributed by atoms with E-state index in [9.17, 15) is 0 Å². The second-order valence-corrected chi connectivity index (χ2v) is 5.63. The molecule has 1 heterocycles. The van der Waals surface area contributed by atoms with Gasteiger partial charge in [-0.2, -0.15) is 4.57 Å². The fourth-order valence-corrected chi connectivity index (χ4v) is 3.12. The third-order valence-electron chi connectivity index (χ3n) is 3.51. The molecule has 0 aliphatic heterocycles. The van der Waals surface area contributed by atoms with Gasteiger partial charge >= 0.3 is 0 Å². The number of halogens is 1. The minimum atomic E-state index is 1.13. The van der Waals surface area contributed by atoms with Crippen LogP contribution in [0.5, 0.6) is 0 Å². The molecule has 0 aliphatic carbocycles. The van der Waals surface area contributed by atoms with Crippen LogP contribution in [0.4, 0.5) is 0 Å². The van der Waals surface area contributed by atoms with E-state index < -0.39 is 0 Å². The summed E-state index contributed by atoms with van der Waals surface area (Å²) in [5.41, 5.74) is 5.02. The van der Waals surface area contributed by atoms with Gasteiger partial charge in [0.2, 0.25) is 11.2 Å². The fraction of sp³-hybridized carbons (Fsp3) is 0.118. The number of hydrogen-bond donors (Lipinski definition) is 0. The standard InChI is InChI=1S/C17H15BrN/c1-12-11-13-7-3-6-10-16(13)19(2)17(12)14-8-4-5-9-15(14)18/h3-11H,1-2H3/q+1. The molecule has 1 aromatic heterocycles. The number of rotatable bonds is 1. The van der Waals surface area contributed by atoms with Gasteiger partial charge in [-0.05, 0) is 47.1 Å². The van der Waals surface area contributed by atoms with Gasteiger partial charge in [-0.1, -0.05) is 24.3 Å². The molecule has 2 aromatic carbocycles. The van der Waals surface area contributed by atoms with E-state index in [4.69, 9.17) is 0 Å².